The average Bonchev–Trinajstić information content (AvgIpc) is 3.23. The van der Waals surface area contributed by atoms with E-state index in [4.69, 9.17) is 0 Å². The Morgan fingerprint density at radius 3 is 2.77 bits per heavy atom. The maximum absolute atomic E-state index is 12.3. The molecule has 0 fully saturated rings. The lowest BCUT2D eigenvalue weighted by Gasteiger charge is -2.07. The summed E-state index contributed by atoms with van der Waals surface area (Å²) in [6, 6.07) is 11.1. The smallest absolute Gasteiger partial charge is 0.251 e. The minimum absolute atomic E-state index is 0.149. The Morgan fingerprint density at radius 1 is 1.19 bits per heavy atom. The van der Waals surface area contributed by atoms with Gasteiger partial charge in [-0.25, -0.2) is 4.98 Å². The zero-order valence-corrected chi connectivity index (χ0v) is 16.2. The van der Waals surface area contributed by atoms with Crippen molar-refractivity contribution in [2.24, 2.45) is 0 Å². The topological polar surface area (TPSA) is 71.1 Å². The Morgan fingerprint density at radius 2 is 2.04 bits per heavy atom. The summed E-state index contributed by atoms with van der Waals surface area (Å²) in [4.78, 5) is 30.2. The highest BCUT2D eigenvalue weighted by molar-refractivity contribution is 7.16. The van der Waals surface area contributed by atoms with Crippen molar-refractivity contribution in [2.75, 3.05) is 11.9 Å². The number of hydrogen-bond donors (Lipinski definition) is 2. The lowest BCUT2D eigenvalue weighted by atomic mass is 10.2. The lowest BCUT2D eigenvalue weighted by molar-refractivity contribution is -0.114. The van der Waals surface area contributed by atoms with Gasteiger partial charge in [-0.15, -0.1) is 22.7 Å². The van der Waals surface area contributed by atoms with Gasteiger partial charge in [0.15, 0.2) is 0 Å². The Hall–Kier alpha value is -2.51. The quantitative estimate of drug-likeness (QED) is 0.671. The third-order valence-electron chi connectivity index (χ3n) is 3.64. The summed E-state index contributed by atoms with van der Waals surface area (Å²) < 4.78 is 0. The second kappa shape index (κ2) is 8.25. The number of nitrogens with one attached hydrogen (secondary N) is 2. The second-order valence-corrected chi connectivity index (χ2v) is 8.02. The van der Waals surface area contributed by atoms with Crippen LogP contribution in [0.5, 0.6) is 0 Å². The first-order valence-electron chi connectivity index (χ1n) is 8.18. The third kappa shape index (κ3) is 4.77. The van der Waals surface area contributed by atoms with Crippen LogP contribution in [0.1, 0.15) is 27.2 Å². The molecule has 0 bridgehead atoms. The number of thiazole rings is 1. The van der Waals surface area contributed by atoms with E-state index in [9.17, 15) is 9.59 Å². The number of aryl methyl sites for hydroxylation is 1. The van der Waals surface area contributed by atoms with Gasteiger partial charge in [0, 0.05) is 35.0 Å². The van der Waals surface area contributed by atoms with E-state index < -0.39 is 0 Å². The van der Waals surface area contributed by atoms with Crippen LogP contribution in [0.25, 0.3) is 10.6 Å². The monoisotopic (exact) mass is 385 g/mol. The highest BCUT2D eigenvalue weighted by Crippen LogP contribution is 2.29. The van der Waals surface area contributed by atoms with Crippen LogP contribution >= 0.6 is 22.7 Å². The van der Waals surface area contributed by atoms with Gasteiger partial charge in [0.05, 0.1) is 15.6 Å². The van der Waals surface area contributed by atoms with Crippen LogP contribution < -0.4 is 10.6 Å². The molecule has 0 saturated carbocycles. The zero-order chi connectivity index (χ0) is 18.5. The van der Waals surface area contributed by atoms with Crippen molar-refractivity contribution in [3.63, 3.8) is 0 Å². The molecule has 3 aromatic rings. The van der Waals surface area contributed by atoms with Crippen LogP contribution in [0.2, 0.25) is 0 Å². The van der Waals surface area contributed by atoms with Gasteiger partial charge >= 0.3 is 0 Å². The number of amides is 2. The molecule has 3 rings (SSSR count). The van der Waals surface area contributed by atoms with E-state index in [2.05, 4.69) is 33.1 Å². The molecule has 134 valence electrons. The number of thiophene rings is 1. The first kappa shape index (κ1) is 18.3. The van der Waals surface area contributed by atoms with Crippen LogP contribution in [0.4, 0.5) is 5.69 Å². The van der Waals surface area contributed by atoms with Crippen molar-refractivity contribution >= 4 is 40.2 Å². The maximum Gasteiger partial charge on any atom is 0.251 e. The zero-order valence-electron chi connectivity index (χ0n) is 14.5. The Kier molecular flexibility index (Phi) is 5.80. The normalized spacial score (nSPS) is 10.5. The molecule has 2 heterocycles. The second-order valence-electron chi connectivity index (χ2n) is 5.79. The molecule has 5 nitrogen and oxygen atoms in total. The average molecular weight is 386 g/mol. The predicted octanol–water partition coefficient (Wildman–Crippen LogP) is 4.11. The summed E-state index contributed by atoms with van der Waals surface area (Å²) in [6.07, 6.45) is 0.769. The van der Waals surface area contributed by atoms with Gasteiger partial charge in [-0.2, -0.15) is 0 Å². The number of aromatic nitrogens is 1. The Bertz CT molecular complexity index is 930. The van der Waals surface area contributed by atoms with E-state index in [1.54, 1.807) is 46.9 Å². The summed E-state index contributed by atoms with van der Waals surface area (Å²) in [5, 5.41) is 8.73. The largest absolute Gasteiger partial charge is 0.352 e. The summed E-state index contributed by atoms with van der Waals surface area (Å²) in [5.74, 6) is -0.310. The van der Waals surface area contributed by atoms with Gasteiger partial charge < -0.3 is 10.6 Å². The minimum atomic E-state index is -0.161. The third-order valence-corrected chi connectivity index (χ3v) is 5.58. The van der Waals surface area contributed by atoms with Crippen molar-refractivity contribution in [3.8, 4) is 10.6 Å². The molecule has 0 aliphatic carbocycles. The van der Waals surface area contributed by atoms with Crippen LogP contribution in [0.3, 0.4) is 0 Å². The number of anilines is 1. The molecule has 2 amide bonds. The fourth-order valence-electron chi connectivity index (χ4n) is 2.47. The molecular formula is C19H19N3O2S2. The van der Waals surface area contributed by atoms with Gasteiger partial charge in [0.25, 0.3) is 5.91 Å². The minimum Gasteiger partial charge on any atom is -0.352 e. The van der Waals surface area contributed by atoms with Gasteiger partial charge in [-0.3, -0.25) is 9.59 Å². The number of carbonyl (C=O) groups excluding carboxylic acids is 2. The maximum atomic E-state index is 12.3. The molecule has 0 unspecified atom stereocenters. The predicted molar refractivity (Wildman–Crippen MR) is 107 cm³/mol. The number of carbonyl (C=O) groups is 2. The molecular weight excluding hydrogens is 366 g/mol. The van der Waals surface area contributed by atoms with Gasteiger partial charge in [0.2, 0.25) is 5.91 Å². The van der Waals surface area contributed by atoms with Gasteiger partial charge in [-0.05, 0) is 43.7 Å². The first-order valence-corrected chi connectivity index (χ1v) is 9.88. The molecule has 0 aliphatic rings. The van der Waals surface area contributed by atoms with Gasteiger partial charge in [0.1, 0.15) is 0 Å². The SMILES string of the molecule is CC(=O)Nc1cccc(C(=O)NCCc2ccc(-c3csc(C)n3)s2)c1. The van der Waals surface area contributed by atoms with Crippen molar-refractivity contribution < 1.29 is 9.59 Å². The fraction of sp³-hybridized carbons (Fsp3) is 0.211. The summed E-state index contributed by atoms with van der Waals surface area (Å²) in [6.45, 7) is 3.99. The summed E-state index contributed by atoms with van der Waals surface area (Å²) >= 11 is 3.35. The van der Waals surface area contributed by atoms with E-state index in [-0.39, 0.29) is 11.8 Å². The fourth-order valence-corrected chi connectivity index (χ4v) is 4.12. The van der Waals surface area contributed by atoms with E-state index in [1.807, 2.05) is 6.92 Å². The van der Waals surface area contributed by atoms with E-state index in [0.717, 1.165) is 22.0 Å². The molecule has 2 aromatic heterocycles. The van der Waals surface area contributed by atoms with Crippen molar-refractivity contribution in [3.05, 3.63) is 57.2 Å². The Labute approximate surface area is 160 Å². The molecule has 1 aromatic carbocycles. The number of hydrogen-bond acceptors (Lipinski definition) is 5. The molecule has 0 spiro atoms. The standard InChI is InChI=1S/C19H19N3O2S2/c1-12(23)21-15-5-3-4-14(10-15)19(24)20-9-8-16-6-7-18(26-16)17-11-25-13(2)22-17/h3-7,10-11H,8-9H2,1-2H3,(H,20,24)(H,21,23). The molecule has 26 heavy (non-hydrogen) atoms. The molecule has 0 aliphatic heterocycles. The molecule has 0 radical (unpaired) electrons. The molecule has 0 saturated heterocycles. The summed E-state index contributed by atoms with van der Waals surface area (Å²) in [7, 11) is 0. The lowest BCUT2D eigenvalue weighted by Crippen LogP contribution is -2.25. The van der Waals surface area contributed by atoms with Crippen molar-refractivity contribution in [1.29, 1.82) is 0 Å². The van der Waals surface area contributed by atoms with Gasteiger partial charge in [-0.1, -0.05) is 6.07 Å². The number of nitrogens with zero attached hydrogens (tertiary/aromatic N) is 1. The van der Waals surface area contributed by atoms with Crippen molar-refractivity contribution in [2.45, 2.75) is 20.3 Å². The number of benzene rings is 1. The van der Waals surface area contributed by atoms with Crippen molar-refractivity contribution in [1.82, 2.24) is 10.3 Å². The van der Waals surface area contributed by atoms with Crippen LogP contribution in [0, 0.1) is 6.92 Å². The van der Waals surface area contributed by atoms with E-state index >= 15 is 0 Å². The Balaban J connectivity index is 1.54. The molecule has 0 atom stereocenters. The molecule has 2 N–H and O–H groups in total. The van der Waals surface area contributed by atoms with Crippen LogP contribution in [0.15, 0.2) is 41.8 Å². The van der Waals surface area contributed by atoms with Crippen LogP contribution in [-0.2, 0) is 11.2 Å². The molecule has 7 heteroatoms. The van der Waals surface area contributed by atoms with Crippen LogP contribution in [-0.4, -0.2) is 23.3 Å². The highest BCUT2D eigenvalue weighted by Gasteiger charge is 2.09. The van der Waals surface area contributed by atoms with E-state index in [1.165, 1.54) is 11.8 Å². The number of rotatable bonds is 6. The van der Waals surface area contributed by atoms with E-state index in [0.29, 0.717) is 17.8 Å². The summed E-state index contributed by atoms with van der Waals surface area (Å²) in [5.41, 5.74) is 2.16. The first-order chi connectivity index (χ1) is 12.5. The highest BCUT2D eigenvalue weighted by atomic mass is 32.1.